The lowest BCUT2D eigenvalue weighted by Gasteiger charge is -2.29. The van der Waals surface area contributed by atoms with E-state index in [0.717, 1.165) is 56.8 Å². The van der Waals surface area contributed by atoms with Gasteiger partial charge in [-0.2, -0.15) is 4.39 Å². The molecule has 1 unspecified atom stereocenters. The normalized spacial score (nSPS) is 19.4. The summed E-state index contributed by atoms with van der Waals surface area (Å²) >= 11 is 0. The van der Waals surface area contributed by atoms with Crippen molar-refractivity contribution in [3.8, 4) is 18.1 Å². The minimum Gasteiger partial charge on any atom is -0.475 e. The van der Waals surface area contributed by atoms with Gasteiger partial charge in [0.15, 0.2) is 17.7 Å². The Hall–Kier alpha value is -1.56. The van der Waals surface area contributed by atoms with E-state index < -0.39 is 17.7 Å². The van der Waals surface area contributed by atoms with Crippen molar-refractivity contribution < 1.29 is 13.5 Å². The summed E-state index contributed by atoms with van der Waals surface area (Å²) < 4.78 is 35.3. The van der Waals surface area contributed by atoms with Crippen LogP contribution >= 0.6 is 0 Å². The van der Waals surface area contributed by atoms with Crippen LogP contribution in [0.5, 0.6) is 5.75 Å². The largest absolute Gasteiger partial charge is 0.475 e. The molecule has 1 atom stereocenters. The van der Waals surface area contributed by atoms with Crippen molar-refractivity contribution in [2.24, 2.45) is 11.8 Å². The molecule has 0 bridgehead atoms. The summed E-state index contributed by atoms with van der Waals surface area (Å²) in [6, 6.07) is 3.30. The molecular weight excluding hydrogens is 414 g/mol. The number of rotatable bonds is 15. The second-order valence-corrected chi connectivity index (χ2v) is 10.1. The number of unbranched alkanes of at least 4 members (excludes halogenated alkanes) is 2. The average Bonchev–Trinajstić information content (AvgIpc) is 2.82. The van der Waals surface area contributed by atoms with Gasteiger partial charge < -0.3 is 4.74 Å². The van der Waals surface area contributed by atoms with E-state index in [0.29, 0.717) is 12.0 Å². The maximum Gasteiger partial charge on any atom is 0.200 e. The zero-order valence-electron chi connectivity index (χ0n) is 21.3. The van der Waals surface area contributed by atoms with Crippen LogP contribution in [0.2, 0.25) is 0 Å². The smallest absolute Gasteiger partial charge is 0.200 e. The van der Waals surface area contributed by atoms with E-state index in [1.807, 2.05) is 0 Å². The Morgan fingerprint density at radius 1 is 0.879 bits per heavy atom. The zero-order valence-corrected chi connectivity index (χ0v) is 21.3. The number of terminal acetylenes is 1. The van der Waals surface area contributed by atoms with Gasteiger partial charge >= 0.3 is 0 Å². The third-order valence-corrected chi connectivity index (χ3v) is 7.51. The summed E-state index contributed by atoms with van der Waals surface area (Å²) in [4.78, 5) is 0. The first-order chi connectivity index (χ1) is 16.0. The number of hydrogen-bond acceptors (Lipinski definition) is 1. The quantitative estimate of drug-likeness (QED) is 0.187. The first kappa shape index (κ1) is 27.7. The van der Waals surface area contributed by atoms with Crippen LogP contribution in [0.1, 0.15) is 129 Å². The van der Waals surface area contributed by atoms with Gasteiger partial charge in [0.1, 0.15) is 0 Å². The monoisotopic (exact) mass is 460 g/mol. The molecule has 0 aliphatic heterocycles. The lowest BCUT2D eigenvalue weighted by molar-refractivity contribution is 0.228. The fourth-order valence-corrected chi connectivity index (χ4v) is 5.57. The van der Waals surface area contributed by atoms with Gasteiger partial charge in [-0.15, -0.1) is 6.42 Å². The van der Waals surface area contributed by atoms with Crippen molar-refractivity contribution in [3.05, 3.63) is 29.3 Å². The third-order valence-electron chi connectivity index (χ3n) is 7.51. The fourth-order valence-electron chi connectivity index (χ4n) is 5.57. The molecule has 3 heteroatoms. The van der Waals surface area contributed by atoms with Gasteiger partial charge in [-0.05, 0) is 67.9 Å². The van der Waals surface area contributed by atoms with Gasteiger partial charge in [-0.25, -0.2) is 4.39 Å². The average molecular weight is 461 g/mol. The molecule has 0 amide bonds. The molecule has 1 nitrogen and oxygen atoms in total. The minimum absolute atomic E-state index is 0.0573. The van der Waals surface area contributed by atoms with Gasteiger partial charge in [0, 0.05) is 0 Å². The highest BCUT2D eigenvalue weighted by molar-refractivity contribution is 5.34. The molecule has 0 spiro atoms. The van der Waals surface area contributed by atoms with E-state index in [1.165, 1.54) is 44.9 Å². The van der Waals surface area contributed by atoms with Crippen LogP contribution in [0.25, 0.3) is 0 Å². The number of benzene rings is 1. The van der Waals surface area contributed by atoms with Gasteiger partial charge in [0.05, 0.1) is 0 Å². The molecule has 0 saturated heterocycles. The molecule has 0 heterocycles. The molecule has 1 aromatic rings. The molecule has 1 aromatic carbocycles. The Labute approximate surface area is 202 Å². The van der Waals surface area contributed by atoms with Crippen LogP contribution in [-0.2, 0) is 0 Å². The van der Waals surface area contributed by atoms with E-state index >= 15 is 0 Å². The van der Waals surface area contributed by atoms with Crippen LogP contribution < -0.4 is 4.74 Å². The highest BCUT2D eigenvalue weighted by atomic mass is 19.2. The van der Waals surface area contributed by atoms with E-state index in [9.17, 15) is 8.78 Å². The molecule has 1 aliphatic rings. The molecule has 1 saturated carbocycles. The van der Waals surface area contributed by atoms with Crippen molar-refractivity contribution >= 4 is 0 Å². The van der Waals surface area contributed by atoms with Crippen molar-refractivity contribution in [3.63, 3.8) is 0 Å². The summed E-state index contributed by atoms with van der Waals surface area (Å²) in [7, 11) is 0. The van der Waals surface area contributed by atoms with Crippen LogP contribution in [0, 0.1) is 35.8 Å². The Bertz CT molecular complexity index is 709. The van der Waals surface area contributed by atoms with Crippen molar-refractivity contribution in [1.82, 2.24) is 0 Å². The maximum absolute atomic E-state index is 14.9. The number of halogens is 2. The van der Waals surface area contributed by atoms with E-state index in [-0.39, 0.29) is 11.7 Å². The van der Waals surface area contributed by atoms with E-state index in [1.54, 1.807) is 12.1 Å². The van der Waals surface area contributed by atoms with Crippen molar-refractivity contribution in [2.45, 2.75) is 129 Å². The van der Waals surface area contributed by atoms with Crippen LogP contribution in [0.3, 0.4) is 0 Å². The summed E-state index contributed by atoms with van der Waals surface area (Å²) in [5.74, 6) is 2.60. The van der Waals surface area contributed by atoms with Crippen LogP contribution in [-0.4, -0.2) is 6.10 Å². The van der Waals surface area contributed by atoms with Gasteiger partial charge in [0.2, 0.25) is 5.82 Å². The molecule has 1 aliphatic carbocycles. The van der Waals surface area contributed by atoms with Crippen LogP contribution in [0.4, 0.5) is 8.78 Å². The molecule has 2 rings (SSSR count). The first-order valence-corrected chi connectivity index (χ1v) is 13.6. The van der Waals surface area contributed by atoms with Crippen LogP contribution in [0.15, 0.2) is 12.1 Å². The van der Waals surface area contributed by atoms with Gasteiger partial charge in [-0.3, -0.25) is 0 Å². The standard InChI is InChI=1S/C30H46F2O/c1-5-9-10-16-26(8-4)33-28-22-21-27(29(31)30(28)32)25-19-17-24(18-20-25)15-11-14-23(12-6-2)13-7-3/h4,21-26H,5-7,9-20H2,1-3H3. The lowest BCUT2D eigenvalue weighted by Crippen LogP contribution is -2.17. The fraction of sp³-hybridized carbons (Fsp3) is 0.733. The number of hydrogen-bond donors (Lipinski definition) is 0. The second-order valence-electron chi connectivity index (χ2n) is 10.1. The van der Waals surface area contributed by atoms with Gasteiger partial charge in [-0.1, -0.05) is 90.5 Å². The Kier molecular flexibility index (Phi) is 12.9. The molecule has 0 radical (unpaired) electrons. The highest BCUT2D eigenvalue weighted by Gasteiger charge is 2.27. The molecular formula is C30H46F2O. The summed E-state index contributed by atoms with van der Waals surface area (Å²) in [5.41, 5.74) is 0.507. The third kappa shape index (κ3) is 8.95. The summed E-state index contributed by atoms with van der Waals surface area (Å²) in [5, 5.41) is 0. The summed E-state index contributed by atoms with van der Waals surface area (Å²) in [6.07, 6.45) is 22.1. The zero-order chi connectivity index (χ0) is 24.1. The Balaban J connectivity index is 1.86. The topological polar surface area (TPSA) is 9.23 Å². The minimum atomic E-state index is -0.886. The SMILES string of the molecule is C#CC(CCCCC)Oc1ccc(C2CCC(CCCC(CCC)CCC)CC2)c(F)c1F. The predicted molar refractivity (Wildman–Crippen MR) is 136 cm³/mol. The molecule has 0 aromatic heterocycles. The summed E-state index contributed by atoms with van der Waals surface area (Å²) in [6.45, 7) is 6.68. The lowest BCUT2D eigenvalue weighted by atomic mass is 9.76. The Morgan fingerprint density at radius 2 is 1.58 bits per heavy atom. The van der Waals surface area contributed by atoms with Gasteiger partial charge in [0.25, 0.3) is 0 Å². The Morgan fingerprint density at radius 3 is 2.18 bits per heavy atom. The number of ether oxygens (including phenoxy) is 1. The molecule has 186 valence electrons. The van der Waals surface area contributed by atoms with Crippen molar-refractivity contribution in [2.75, 3.05) is 0 Å². The van der Waals surface area contributed by atoms with E-state index in [4.69, 9.17) is 11.2 Å². The molecule has 33 heavy (non-hydrogen) atoms. The second kappa shape index (κ2) is 15.4. The van der Waals surface area contributed by atoms with Crippen molar-refractivity contribution in [1.29, 1.82) is 0 Å². The maximum atomic E-state index is 14.9. The van der Waals surface area contributed by atoms with E-state index in [2.05, 4.69) is 26.7 Å². The molecule has 0 N–H and O–H groups in total. The highest BCUT2D eigenvalue weighted by Crippen LogP contribution is 2.40. The predicted octanol–water partition coefficient (Wildman–Crippen LogP) is 9.59. The first-order valence-electron chi connectivity index (χ1n) is 13.6. The molecule has 1 fully saturated rings.